The molecule has 0 aromatic heterocycles. The van der Waals surface area contributed by atoms with E-state index in [1.807, 2.05) is 12.1 Å². The summed E-state index contributed by atoms with van der Waals surface area (Å²) in [6, 6.07) is 9.98. The maximum atomic E-state index is 13.5. The third-order valence-electron chi connectivity index (χ3n) is 10.5. The lowest BCUT2D eigenvalue weighted by Crippen LogP contribution is -2.69. The van der Waals surface area contributed by atoms with Crippen molar-refractivity contribution in [3.05, 3.63) is 71.8 Å². The van der Waals surface area contributed by atoms with E-state index in [1.54, 1.807) is 37.4 Å². The average Bonchev–Trinajstić information content (AvgIpc) is 3.17. The van der Waals surface area contributed by atoms with Gasteiger partial charge in [-0.25, -0.2) is 4.79 Å². The van der Waals surface area contributed by atoms with Crippen LogP contribution in [0.5, 0.6) is 23.0 Å². The number of alkyl halides is 1. The van der Waals surface area contributed by atoms with Crippen molar-refractivity contribution < 1.29 is 48.3 Å². The van der Waals surface area contributed by atoms with E-state index in [1.165, 1.54) is 19.1 Å². The van der Waals surface area contributed by atoms with Crippen LogP contribution in [-0.4, -0.2) is 98.6 Å². The molecule has 6 unspecified atom stereocenters. The number of allylic oxidation sites excluding steroid dienone is 1. The van der Waals surface area contributed by atoms with Crippen LogP contribution in [-0.2, 0) is 14.3 Å². The summed E-state index contributed by atoms with van der Waals surface area (Å²) in [5.74, 6) is 0.168. The number of ether oxygens (including phenoxy) is 5. The van der Waals surface area contributed by atoms with Gasteiger partial charge in [-0.3, -0.25) is 4.79 Å². The lowest BCUT2D eigenvalue weighted by atomic mass is 9.55. The van der Waals surface area contributed by atoms with Crippen LogP contribution in [0.15, 0.2) is 65.9 Å². The summed E-state index contributed by atoms with van der Waals surface area (Å²) in [6.07, 6.45) is 8.82. The second kappa shape index (κ2) is 18.8. The van der Waals surface area contributed by atoms with Crippen LogP contribution in [0.3, 0.4) is 0 Å². The molecule has 6 atom stereocenters. The number of hydrogen-bond donors (Lipinski definition) is 2. The van der Waals surface area contributed by atoms with E-state index in [0.717, 1.165) is 43.1 Å². The number of rotatable bonds is 19. The number of carbonyl (C=O) groups excluding carboxylic acids is 2. The summed E-state index contributed by atoms with van der Waals surface area (Å²) in [6.45, 7) is 4.27. The molecule has 2 aromatic carbocycles. The Bertz CT molecular complexity index is 1650. The topological polar surface area (TPSA) is 146 Å². The molecule has 0 radical (unpaired) electrons. The fourth-order valence-corrected chi connectivity index (χ4v) is 8.34. The highest BCUT2D eigenvalue weighted by molar-refractivity contribution is 6.18. The summed E-state index contributed by atoms with van der Waals surface area (Å²) in [5, 5.41) is 24.1. The number of aldehydes is 1. The minimum Gasteiger partial charge on any atom is -0.496 e. The lowest BCUT2D eigenvalue weighted by molar-refractivity contribution is -0.253. The molecule has 13 heteroatoms. The highest BCUT2D eigenvalue weighted by Gasteiger charge is 2.65. The van der Waals surface area contributed by atoms with E-state index < -0.39 is 23.8 Å². The molecule has 1 aliphatic heterocycles. The summed E-state index contributed by atoms with van der Waals surface area (Å²) in [5.41, 5.74) is 2.84. The summed E-state index contributed by atoms with van der Waals surface area (Å²) in [7, 11) is 4.66. The molecule has 1 saturated carbocycles. The molecule has 2 aromatic rings. The van der Waals surface area contributed by atoms with E-state index in [9.17, 15) is 19.8 Å². The van der Waals surface area contributed by atoms with Gasteiger partial charge in [0.1, 0.15) is 42.8 Å². The monoisotopic (exact) mass is 754 g/mol. The highest BCUT2D eigenvalue weighted by atomic mass is 35.5. The number of nitrogens with zero attached hydrogens (tertiary/aromatic N) is 2. The molecule has 1 amide bonds. The number of aliphatic hydroxyl groups is 2. The Hall–Kier alpha value is -4.10. The van der Waals surface area contributed by atoms with Gasteiger partial charge in [0.05, 0.1) is 36.8 Å². The van der Waals surface area contributed by atoms with Gasteiger partial charge in [-0.05, 0) is 79.5 Å². The van der Waals surface area contributed by atoms with Crippen LogP contribution in [0.1, 0.15) is 66.8 Å². The zero-order chi connectivity index (χ0) is 38.0. The smallest absolute Gasteiger partial charge is 0.410 e. The number of aliphatic hydroxyl groups excluding tert-OH is 2. The van der Waals surface area contributed by atoms with Gasteiger partial charge < -0.3 is 43.6 Å². The van der Waals surface area contributed by atoms with Crippen molar-refractivity contribution in [2.45, 2.75) is 62.7 Å². The van der Waals surface area contributed by atoms with Crippen LogP contribution < -0.4 is 14.2 Å². The second-order valence-electron chi connectivity index (χ2n) is 13.5. The van der Waals surface area contributed by atoms with E-state index in [2.05, 4.69) is 17.8 Å². The first-order valence-corrected chi connectivity index (χ1v) is 18.7. The average molecular weight is 755 g/mol. The Morgan fingerprint density at radius 2 is 1.83 bits per heavy atom. The lowest BCUT2D eigenvalue weighted by Gasteiger charge is -2.59. The Morgan fingerprint density at radius 1 is 1.09 bits per heavy atom. The molecule has 0 spiro atoms. The van der Waals surface area contributed by atoms with Gasteiger partial charge in [0.25, 0.3) is 0 Å². The number of amides is 1. The second-order valence-corrected chi connectivity index (χ2v) is 13.9. The number of unbranched alkanes of at least 4 members (excludes halogenated alkanes) is 2. The Balaban J connectivity index is 1.72. The zero-order valence-electron chi connectivity index (χ0n) is 30.7. The Labute approximate surface area is 316 Å². The number of oxime groups is 1. The highest BCUT2D eigenvalue weighted by Crippen LogP contribution is 2.62. The van der Waals surface area contributed by atoms with Gasteiger partial charge in [-0.1, -0.05) is 30.1 Å². The van der Waals surface area contributed by atoms with Gasteiger partial charge in [0.2, 0.25) is 5.79 Å². The fourth-order valence-electron chi connectivity index (χ4n) is 8.26. The van der Waals surface area contributed by atoms with E-state index in [-0.39, 0.29) is 56.5 Å². The molecular formula is C40H51ClN2O10. The largest absolute Gasteiger partial charge is 0.496 e. The standard InChI is InChI=1S/C40H51ClN2O10/c1-5-19-51-40-36(43(2)39(47)50-20-16-41)24-33(42-49-4)31-22-26(10-6-8-17-44)30(11-7-9-18-45)37(38(31)40)32-23-29(13-15-35(32)53-40)52-28-12-14-34(48-3)27(21-28)25-46/h5,12-15,21-23,25-26,30,36-38,44-45H,1,6-11,16-20,24H2,2-4H3. The predicted molar refractivity (Wildman–Crippen MR) is 200 cm³/mol. The summed E-state index contributed by atoms with van der Waals surface area (Å²) in [4.78, 5) is 32.2. The zero-order valence-corrected chi connectivity index (χ0v) is 31.5. The molecule has 1 fully saturated rings. The van der Waals surface area contributed by atoms with Gasteiger partial charge >= 0.3 is 6.09 Å². The van der Waals surface area contributed by atoms with E-state index in [0.29, 0.717) is 47.1 Å². The number of hydrogen-bond acceptors (Lipinski definition) is 11. The van der Waals surface area contributed by atoms with E-state index in [4.69, 9.17) is 40.1 Å². The summed E-state index contributed by atoms with van der Waals surface area (Å²) >= 11 is 5.89. The molecule has 1 heterocycles. The number of fused-ring (bicyclic) bond motifs is 2. The predicted octanol–water partition coefficient (Wildman–Crippen LogP) is 6.87. The van der Waals surface area contributed by atoms with Crippen LogP contribution in [0.25, 0.3) is 0 Å². The first-order valence-electron chi connectivity index (χ1n) is 18.2. The maximum Gasteiger partial charge on any atom is 0.410 e. The molecule has 2 aliphatic carbocycles. The molecule has 2 N–H and O–H groups in total. The van der Waals surface area contributed by atoms with Crippen molar-refractivity contribution in [1.29, 1.82) is 0 Å². The quantitative estimate of drug-likeness (QED) is 0.0512. The Kier molecular flexibility index (Phi) is 14.2. The van der Waals surface area contributed by atoms with Gasteiger partial charge in [-0.15, -0.1) is 18.2 Å². The fraction of sp³-hybridized carbons (Fsp3) is 0.525. The molecule has 5 rings (SSSR count). The van der Waals surface area contributed by atoms with Crippen molar-refractivity contribution in [2.75, 3.05) is 53.6 Å². The van der Waals surface area contributed by atoms with Gasteiger partial charge in [0, 0.05) is 38.2 Å². The molecule has 0 saturated heterocycles. The van der Waals surface area contributed by atoms with Crippen molar-refractivity contribution in [3.63, 3.8) is 0 Å². The molecule has 3 aliphatic rings. The molecule has 288 valence electrons. The van der Waals surface area contributed by atoms with Crippen molar-refractivity contribution in [1.82, 2.24) is 4.90 Å². The van der Waals surface area contributed by atoms with Crippen LogP contribution >= 0.6 is 11.6 Å². The molecule has 0 bridgehead atoms. The number of halogens is 1. The third-order valence-corrected chi connectivity index (χ3v) is 10.6. The molecule has 53 heavy (non-hydrogen) atoms. The van der Waals surface area contributed by atoms with E-state index >= 15 is 0 Å². The van der Waals surface area contributed by atoms with Crippen molar-refractivity contribution in [2.24, 2.45) is 22.9 Å². The third kappa shape index (κ3) is 8.51. The normalized spacial score (nSPS) is 24.9. The van der Waals surface area contributed by atoms with Crippen LogP contribution in [0, 0.1) is 17.8 Å². The summed E-state index contributed by atoms with van der Waals surface area (Å²) < 4.78 is 31.1. The number of methoxy groups -OCH3 is 1. The van der Waals surface area contributed by atoms with Crippen molar-refractivity contribution >= 4 is 29.7 Å². The van der Waals surface area contributed by atoms with Crippen LogP contribution in [0.4, 0.5) is 4.79 Å². The minimum absolute atomic E-state index is 0.0334. The van der Waals surface area contributed by atoms with Crippen LogP contribution in [0.2, 0.25) is 0 Å². The van der Waals surface area contributed by atoms with Gasteiger partial charge in [-0.2, -0.15) is 0 Å². The van der Waals surface area contributed by atoms with Gasteiger partial charge in [0.15, 0.2) is 6.29 Å². The van der Waals surface area contributed by atoms with Crippen molar-refractivity contribution in [3.8, 4) is 23.0 Å². The molecular weight excluding hydrogens is 704 g/mol. The number of benzene rings is 2. The SMILES string of the molecule is C=CCOC12Oc3ccc(Oc4ccc(OC)c(C=O)c4)cc3C3C(CCCCO)C(CCCCO)C=C(C(=NOC)CC1N(C)C(=O)OCCCl)C32. The maximum absolute atomic E-state index is 13.5. The number of carbonyl (C=O) groups is 2. The first-order chi connectivity index (χ1) is 25.8. The molecule has 12 nitrogen and oxygen atoms in total. The minimum atomic E-state index is -1.40. The Morgan fingerprint density at radius 3 is 2.51 bits per heavy atom. The number of likely N-dealkylation sites (N-methyl/N-ethyl adjacent to an activating group) is 1. The first kappa shape index (κ1) is 40.1.